The highest BCUT2D eigenvalue weighted by atomic mass is 16.3. The summed E-state index contributed by atoms with van der Waals surface area (Å²) in [5.41, 5.74) is 0. The van der Waals surface area contributed by atoms with Crippen LogP contribution in [-0.2, 0) is 7.05 Å². The molecule has 0 amide bonds. The van der Waals surface area contributed by atoms with E-state index in [9.17, 15) is 5.11 Å². The molecule has 1 aromatic heterocycles. The fourth-order valence-corrected chi connectivity index (χ4v) is 4.32. The molecule has 1 N–H and O–H groups in total. The number of aromatic nitrogens is 2. The summed E-state index contributed by atoms with van der Waals surface area (Å²) in [6.45, 7) is 5.97. The van der Waals surface area contributed by atoms with Gasteiger partial charge < -0.3 is 14.6 Å². The standard InChI is InChI=1S/C18H31N3O/c1-14-5-3-4-6-16(14)13-21-10-7-15(8-11-21)17(22)18-19-9-12-20(18)2/h9,12,14-17,22H,3-8,10-11,13H2,1-2H3. The summed E-state index contributed by atoms with van der Waals surface area (Å²) in [7, 11) is 1.96. The van der Waals surface area contributed by atoms with Gasteiger partial charge in [-0.2, -0.15) is 0 Å². The van der Waals surface area contributed by atoms with Crippen molar-refractivity contribution in [3.63, 3.8) is 0 Å². The SMILES string of the molecule is CC1CCCCC1CN1CCC(C(O)c2nccn2C)CC1. The summed E-state index contributed by atoms with van der Waals surface area (Å²) in [5.74, 6) is 2.97. The minimum Gasteiger partial charge on any atom is -0.385 e. The van der Waals surface area contributed by atoms with Gasteiger partial charge in [-0.3, -0.25) is 0 Å². The second-order valence-corrected chi connectivity index (χ2v) is 7.50. The van der Waals surface area contributed by atoms with E-state index < -0.39 is 6.10 Å². The van der Waals surface area contributed by atoms with Crippen LogP contribution in [0.2, 0.25) is 0 Å². The lowest BCUT2D eigenvalue weighted by Gasteiger charge is -2.38. The predicted octanol–water partition coefficient (Wildman–Crippen LogP) is 2.99. The van der Waals surface area contributed by atoms with Crippen LogP contribution in [0.25, 0.3) is 0 Å². The zero-order valence-electron chi connectivity index (χ0n) is 14.1. The Balaban J connectivity index is 1.49. The van der Waals surface area contributed by atoms with Crippen molar-refractivity contribution in [3.05, 3.63) is 18.2 Å². The molecule has 22 heavy (non-hydrogen) atoms. The molecule has 4 heteroatoms. The number of nitrogens with zero attached hydrogens (tertiary/aromatic N) is 3. The van der Waals surface area contributed by atoms with Crippen molar-refractivity contribution in [3.8, 4) is 0 Å². The van der Waals surface area contributed by atoms with Crippen molar-refractivity contribution >= 4 is 0 Å². The van der Waals surface area contributed by atoms with E-state index in [4.69, 9.17) is 0 Å². The molecule has 124 valence electrons. The number of imidazole rings is 1. The first-order chi connectivity index (χ1) is 10.6. The molecule has 1 aliphatic heterocycles. The van der Waals surface area contributed by atoms with Gasteiger partial charge in [0.2, 0.25) is 0 Å². The summed E-state index contributed by atoms with van der Waals surface area (Å²) in [5, 5.41) is 10.6. The Morgan fingerprint density at radius 2 is 1.95 bits per heavy atom. The highest BCUT2D eigenvalue weighted by molar-refractivity contribution is 4.98. The highest BCUT2D eigenvalue weighted by Gasteiger charge is 2.30. The van der Waals surface area contributed by atoms with Crippen LogP contribution in [0.4, 0.5) is 0 Å². The minimum atomic E-state index is -0.407. The van der Waals surface area contributed by atoms with Gasteiger partial charge in [0.05, 0.1) is 0 Å². The van der Waals surface area contributed by atoms with E-state index in [1.165, 1.54) is 32.2 Å². The molecular formula is C18H31N3O. The van der Waals surface area contributed by atoms with Crippen molar-refractivity contribution < 1.29 is 5.11 Å². The largest absolute Gasteiger partial charge is 0.385 e. The normalized spacial score (nSPS) is 29.6. The zero-order valence-corrected chi connectivity index (χ0v) is 14.1. The lowest BCUT2D eigenvalue weighted by Crippen LogP contribution is -2.40. The summed E-state index contributed by atoms with van der Waals surface area (Å²) in [6, 6.07) is 0. The van der Waals surface area contributed by atoms with Crippen LogP contribution in [0.3, 0.4) is 0 Å². The third kappa shape index (κ3) is 3.54. The molecule has 1 saturated carbocycles. The molecule has 2 aliphatic rings. The van der Waals surface area contributed by atoms with Crippen molar-refractivity contribution in [2.45, 2.75) is 51.6 Å². The van der Waals surface area contributed by atoms with Gasteiger partial charge in [-0.25, -0.2) is 4.98 Å². The molecule has 1 aromatic rings. The summed E-state index contributed by atoms with van der Waals surface area (Å²) in [6.07, 6.45) is 11.1. The lowest BCUT2D eigenvalue weighted by molar-refractivity contribution is 0.0415. The van der Waals surface area contributed by atoms with E-state index in [1.807, 2.05) is 17.8 Å². The fourth-order valence-electron chi connectivity index (χ4n) is 4.32. The van der Waals surface area contributed by atoms with Crippen molar-refractivity contribution in [2.75, 3.05) is 19.6 Å². The van der Waals surface area contributed by atoms with E-state index >= 15 is 0 Å². The molecule has 1 saturated heterocycles. The van der Waals surface area contributed by atoms with Crippen LogP contribution in [0.1, 0.15) is 57.4 Å². The Hall–Kier alpha value is -0.870. The molecule has 1 aliphatic carbocycles. The smallest absolute Gasteiger partial charge is 0.137 e. The van der Waals surface area contributed by atoms with Crippen LogP contribution in [-0.4, -0.2) is 39.2 Å². The summed E-state index contributed by atoms with van der Waals surface area (Å²) < 4.78 is 1.95. The summed E-state index contributed by atoms with van der Waals surface area (Å²) in [4.78, 5) is 6.95. The summed E-state index contributed by atoms with van der Waals surface area (Å²) >= 11 is 0. The number of likely N-dealkylation sites (tertiary alicyclic amines) is 1. The first-order valence-corrected chi connectivity index (χ1v) is 9.02. The molecule has 2 heterocycles. The number of aliphatic hydroxyl groups excluding tert-OH is 1. The van der Waals surface area contributed by atoms with E-state index in [0.717, 1.165) is 43.6 Å². The third-order valence-corrected chi connectivity index (χ3v) is 5.98. The monoisotopic (exact) mass is 305 g/mol. The Morgan fingerprint density at radius 1 is 1.23 bits per heavy atom. The quantitative estimate of drug-likeness (QED) is 0.930. The molecule has 4 nitrogen and oxygen atoms in total. The zero-order chi connectivity index (χ0) is 15.5. The molecule has 3 atom stereocenters. The second-order valence-electron chi connectivity index (χ2n) is 7.50. The van der Waals surface area contributed by atoms with E-state index in [-0.39, 0.29) is 0 Å². The van der Waals surface area contributed by atoms with Gasteiger partial charge in [-0.1, -0.05) is 26.2 Å². The number of hydrogen-bond acceptors (Lipinski definition) is 3. The number of aryl methyl sites for hydroxylation is 1. The van der Waals surface area contributed by atoms with Crippen molar-refractivity contribution in [2.24, 2.45) is 24.8 Å². The molecule has 2 fully saturated rings. The van der Waals surface area contributed by atoms with Gasteiger partial charge in [-0.15, -0.1) is 0 Å². The Morgan fingerprint density at radius 3 is 2.59 bits per heavy atom. The van der Waals surface area contributed by atoms with E-state index in [2.05, 4.69) is 16.8 Å². The fraction of sp³-hybridized carbons (Fsp3) is 0.833. The number of rotatable bonds is 4. The molecule has 0 radical (unpaired) electrons. The predicted molar refractivity (Wildman–Crippen MR) is 88.5 cm³/mol. The van der Waals surface area contributed by atoms with E-state index in [0.29, 0.717) is 5.92 Å². The maximum Gasteiger partial charge on any atom is 0.137 e. The number of hydrogen-bond donors (Lipinski definition) is 1. The molecular weight excluding hydrogens is 274 g/mol. The van der Waals surface area contributed by atoms with Crippen molar-refractivity contribution in [1.82, 2.24) is 14.5 Å². The van der Waals surface area contributed by atoms with Gasteiger partial charge in [0, 0.05) is 26.0 Å². The lowest BCUT2D eigenvalue weighted by atomic mass is 9.79. The maximum atomic E-state index is 10.6. The molecule has 3 unspecified atom stereocenters. The molecule has 0 aromatic carbocycles. The van der Waals surface area contributed by atoms with Gasteiger partial charge >= 0.3 is 0 Å². The van der Waals surface area contributed by atoms with Crippen LogP contribution in [0.15, 0.2) is 12.4 Å². The van der Waals surface area contributed by atoms with Crippen LogP contribution >= 0.6 is 0 Å². The number of piperidine rings is 1. The second kappa shape index (κ2) is 7.14. The third-order valence-electron chi connectivity index (χ3n) is 5.98. The minimum absolute atomic E-state index is 0.362. The Bertz CT molecular complexity index is 465. The van der Waals surface area contributed by atoms with Gasteiger partial charge in [0.15, 0.2) is 0 Å². The van der Waals surface area contributed by atoms with Crippen LogP contribution in [0, 0.1) is 17.8 Å². The Kier molecular flexibility index (Phi) is 5.19. The van der Waals surface area contributed by atoms with Crippen LogP contribution in [0.5, 0.6) is 0 Å². The van der Waals surface area contributed by atoms with Gasteiger partial charge in [0.25, 0.3) is 0 Å². The van der Waals surface area contributed by atoms with Gasteiger partial charge in [-0.05, 0) is 50.1 Å². The van der Waals surface area contributed by atoms with E-state index in [1.54, 1.807) is 6.20 Å². The van der Waals surface area contributed by atoms with Crippen molar-refractivity contribution in [1.29, 1.82) is 0 Å². The average Bonchev–Trinajstić information content (AvgIpc) is 2.96. The average molecular weight is 305 g/mol. The number of aliphatic hydroxyl groups is 1. The van der Waals surface area contributed by atoms with Gasteiger partial charge in [0.1, 0.15) is 11.9 Å². The maximum absolute atomic E-state index is 10.6. The van der Waals surface area contributed by atoms with Crippen LogP contribution < -0.4 is 0 Å². The first kappa shape index (κ1) is 16.0. The Labute approximate surface area is 134 Å². The topological polar surface area (TPSA) is 41.3 Å². The molecule has 0 spiro atoms. The first-order valence-electron chi connectivity index (χ1n) is 9.02. The highest BCUT2D eigenvalue weighted by Crippen LogP contribution is 2.33. The molecule has 0 bridgehead atoms. The molecule has 3 rings (SSSR count).